The molecule has 122 valence electrons. The van der Waals surface area contributed by atoms with Crippen LogP contribution in [-0.2, 0) is 6.42 Å². The molecule has 0 bridgehead atoms. The Balaban J connectivity index is 1.72. The number of hydrogen-bond acceptors (Lipinski definition) is 3. The van der Waals surface area contributed by atoms with Crippen LogP contribution in [0.15, 0.2) is 24.3 Å². The van der Waals surface area contributed by atoms with E-state index in [0.717, 1.165) is 17.5 Å². The maximum absolute atomic E-state index is 13.3. The molecular formula is C16H17ClFN3O2. The highest BCUT2D eigenvalue weighted by molar-refractivity contribution is 6.33. The molecule has 2 N–H and O–H groups in total. The second-order valence-electron chi connectivity index (χ2n) is 5.91. The number of aryl methyl sites for hydroxylation is 1. The van der Waals surface area contributed by atoms with Crippen LogP contribution in [0.25, 0.3) is 0 Å². The van der Waals surface area contributed by atoms with Crippen molar-refractivity contribution in [1.29, 1.82) is 0 Å². The van der Waals surface area contributed by atoms with Gasteiger partial charge < -0.3 is 10.0 Å². The fourth-order valence-corrected chi connectivity index (χ4v) is 3.10. The minimum absolute atomic E-state index is 0.103. The molecule has 1 aromatic heterocycles. The van der Waals surface area contributed by atoms with Crippen LogP contribution in [-0.4, -0.2) is 45.3 Å². The highest BCUT2D eigenvalue weighted by Crippen LogP contribution is 2.25. The quantitative estimate of drug-likeness (QED) is 0.902. The van der Waals surface area contributed by atoms with E-state index < -0.39 is 11.9 Å². The number of likely N-dealkylation sites (tertiary alicyclic amines) is 1. The number of halogens is 2. The first-order chi connectivity index (χ1) is 10.9. The molecule has 0 radical (unpaired) electrons. The zero-order valence-electron chi connectivity index (χ0n) is 12.6. The van der Waals surface area contributed by atoms with Gasteiger partial charge in [0.15, 0.2) is 0 Å². The normalized spacial score (nSPS) is 21.0. The van der Waals surface area contributed by atoms with Gasteiger partial charge in [0.25, 0.3) is 5.91 Å². The van der Waals surface area contributed by atoms with Gasteiger partial charge in [0, 0.05) is 24.7 Å². The molecule has 2 atom stereocenters. The lowest BCUT2D eigenvalue weighted by atomic mass is 10.0. The maximum atomic E-state index is 13.3. The topological polar surface area (TPSA) is 69.2 Å². The SMILES string of the molecule is Cc1cc(C[C@@H]2CN(C(=O)c3cc(F)ccc3Cl)C[C@H]2O)n[nH]1. The number of H-pyrrole nitrogens is 1. The lowest BCUT2D eigenvalue weighted by molar-refractivity contribution is 0.0764. The number of aromatic nitrogens is 2. The lowest BCUT2D eigenvalue weighted by Crippen LogP contribution is -2.30. The highest BCUT2D eigenvalue weighted by atomic mass is 35.5. The van der Waals surface area contributed by atoms with E-state index >= 15 is 0 Å². The maximum Gasteiger partial charge on any atom is 0.255 e. The molecular weight excluding hydrogens is 321 g/mol. The van der Waals surface area contributed by atoms with Crippen molar-refractivity contribution in [2.24, 2.45) is 5.92 Å². The van der Waals surface area contributed by atoms with Crippen molar-refractivity contribution in [2.45, 2.75) is 19.4 Å². The Morgan fingerprint density at radius 1 is 1.48 bits per heavy atom. The van der Waals surface area contributed by atoms with E-state index in [1.54, 1.807) is 0 Å². The lowest BCUT2D eigenvalue weighted by Gasteiger charge is -2.16. The van der Waals surface area contributed by atoms with E-state index in [4.69, 9.17) is 11.6 Å². The molecule has 1 aromatic carbocycles. The first-order valence-electron chi connectivity index (χ1n) is 7.37. The van der Waals surface area contributed by atoms with Crippen molar-refractivity contribution in [2.75, 3.05) is 13.1 Å². The number of carbonyl (C=O) groups excluding carboxylic acids is 1. The number of benzene rings is 1. The number of rotatable bonds is 3. The van der Waals surface area contributed by atoms with E-state index in [9.17, 15) is 14.3 Å². The van der Waals surface area contributed by atoms with Gasteiger partial charge in [-0.05, 0) is 37.6 Å². The molecule has 23 heavy (non-hydrogen) atoms. The van der Waals surface area contributed by atoms with Gasteiger partial charge in [0.2, 0.25) is 0 Å². The first kappa shape index (κ1) is 16.0. The first-order valence-corrected chi connectivity index (χ1v) is 7.75. The number of aliphatic hydroxyl groups is 1. The van der Waals surface area contributed by atoms with Crippen molar-refractivity contribution >= 4 is 17.5 Å². The van der Waals surface area contributed by atoms with Gasteiger partial charge in [-0.1, -0.05) is 11.6 Å². The third-order valence-corrected chi connectivity index (χ3v) is 4.41. The van der Waals surface area contributed by atoms with E-state index in [1.165, 1.54) is 17.0 Å². The number of carbonyl (C=O) groups is 1. The van der Waals surface area contributed by atoms with Gasteiger partial charge in [-0.15, -0.1) is 0 Å². The van der Waals surface area contributed by atoms with Gasteiger partial charge in [-0.25, -0.2) is 4.39 Å². The summed E-state index contributed by atoms with van der Waals surface area (Å²) in [6, 6.07) is 5.61. The van der Waals surface area contributed by atoms with Gasteiger partial charge in [-0.2, -0.15) is 5.10 Å². The number of aliphatic hydroxyl groups excluding tert-OH is 1. The Kier molecular flexibility index (Phi) is 4.37. The molecule has 2 heterocycles. The summed E-state index contributed by atoms with van der Waals surface area (Å²) >= 11 is 5.98. The molecule has 1 aliphatic rings. The molecule has 1 amide bonds. The van der Waals surface area contributed by atoms with Crippen LogP contribution in [0.5, 0.6) is 0 Å². The van der Waals surface area contributed by atoms with E-state index in [0.29, 0.717) is 13.0 Å². The molecule has 7 heteroatoms. The van der Waals surface area contributed by atoms with Crippen LogP contribution in [0.1, 0.15) is 21.7 Å². The van der Waals surface area contributed by atoms with Crippen molar-refractivity contribution in [3.05, 3.63) is 52.1 Å². The summed E-state index contributed by atoms with van der Waals surface area (Å²) in [5, 5.41) is 17.4. The predicted octanol–water partition coefficient (Wildman–Crippen LogP) is 2.19. The summed E-state index contributed by atoms with van der Waals surface area (Å²) in [5.41, 5.74) is 1.92. The molecule has 2 aromatic rings. The van der Waals surface area contributed by atoms with Crippen molar-refractivity contribution in [3.63, 3.8) is 0 Å². The Labute approximate surface area is 138 Å². The third-order valence-electron chi connectivity index (χ3n) is 4.08. The second-order valence-corrected chi connectivity index (χ2v) is 6.32. The van der Waals surface area contributed by atoms with Crippen molar-refractivity contribution < 1.29 is 14.3 Å². The van der Waals surface area contributed by atoms with E-state index in [2.05, 4.69) is 10.2 Å². The molecule has 1 saturated heterocycles. The van der Waals surface area contributed by atoms with Crippen LogP contribution >= 0.6 is 11.6 Å². The monoisotopic (exact) mass is 337 g/mol. The van der Waals surface area contributed by atoms with Crippen LogP contribution in [0.4, 0.5) is 4.39 Å². The third kappa shape index (κ3) is 3.38. The summed E-state index contributed by atoms with van der Waals surface area (Å²) in [5.74, 6) is -0.982. The zero-order chi connectivity index (χ0) is 16.6. The Bertz CT molecular complexity index is 734. The number of aromatic amines is 1. The molecule has 0 aliphatic carbocycles. The summed E-state index contributed by atoms with van der Waals surface area (Å²) in [6.45, 7) is 2.50. The van der Waals surface area contributed by atoms with Crippen molar-refractivity contribution in [1.82, 2.24) is 15.1 Å². The average Bonchev–Trinajstić information content (AvgIpc) is 3.08. The van der Waals surface area contributed by atoms with Crippen LogP contribution in [0.2, 0.25) is 5.02 Å². The minimum Gasteiger partial charge on any atom is -0.391 e. The summed E-state index contributed by atoms with van der Waals surface area (Å²) in [4.78, 5) is 14.0. The van der Waals surface area contributed by atoms with Gasteiger partial charge in [0.1, 0.15) is 5.82 Å². The molecule has 5 nitrogen and oxygen atoms in total. The minimum atomic E-state index is -0.636. The number of amides is 1. The molecule has 0 spiro atoms. The van der Waals surface area contributed by atoms with Crippen LogP contribution in [0.3, 0.4) is 0 Å². The standard InChI is InChI=1S/C16H17ClFN3O2/c1-9-4-12(20-19-9)5-10-7-21(8-15(10)22)16(23)13-6-11(18)2-3-14(13)17/h2-4,6,10,15,22H,5,7-8H2,1H3,(H,19,20)/t10-,15-/m1/s1. The highest BCUT2D eigenvalue weighted by Gasteiger charge is 2.35. The summed E-state index contributed by atoms with van der Waals surface area (Å²) < 4.78 is 13.3. The molecule has 3 rings (SSSR count). The Morgan fingerprint density at radius 3 is 2.96 bits per heavy atom. The van der Waals surface area contributed by atoms with E-state index in [-0.39, 0.29) is 29.0 Å². The predicted molar refractivity (Wildman–Crippen MR) is 83.8 cm³/mol. The smallest absolute Gasteiger partial charge is 0.255 e. The molecule has 1 fully saturated rings. The largest absolute Gasteiger partial charge is 0.391 e. The average molecular weight is 338 g/mol. The fourth-order valence-electron chi connectivity index (χ4n) is 2.90. The fraction of sp³-hybridized carbons (Fsp3) is 0.375. The van der Waals surface area contributed by atoms with E-state index in [1.807, 2.05) is 13.0 Å². The summed E-state index contributed by atoms with van der Waals surface area (Å²) in [7, 11) is 0. The van der Waals surface area contributed by atoms with Gasteiger partial charge in [-0.3, -0.25) is 9.89 Å². The van der Waals surface area contributed by atoms with Gasteiger partial charge in [0.05, 0.1) is 22.4 Å². The molecule has 0 unspecified atom stereocenters. The number of β-amino-alcohol motifs (C(OH)–C–C–N with tert-alkyl or cyclic N) is 1. The second kappa shape index (κ2) is 6.29. The molecule has 1 aliphatic heterocycles. The number of nitrogens with one attached hydrogen (secondary N) is 1. The van der Waals surface area contributed by atoms with Crippen LogP contribution < -0.4 is 0 Å². The van der Waals surface area contributed by atoms with Gasteiger partial charge >= 0.3 is 0 Å². The van der Waals surface area contributed by atoms with Crippen molar-refractivity contribution in [3.8, 4) is 0 Å². The van der Waals surface area contributed by atoms with Crippen LogP contribution in [0, 0.1) is 18.7 Å². The number of nitrogens with zero attached hydrogens (tertiary/aromatic N) is 2. The number of hydrogen-bond donors (Lipinski definition) is 2. The molecule has 0 saturated carbocycles. The summed E-state index contributed by atoms with van der Waals surface area (Å²) in [6.07, 6.45) is -0.0603. The Morgan fingerprint density at radius 2 is 2.26 bits per heavy atom. The Hall–Kier alpha value is -1.92. The zero-order valence-corrected chi connectivity index (χ0v) is 13.3.